The highest BCUT2D eigenvalue weighted by molar-refractivity contribution is 7.89. The summed E-state index contributed by atoms with van der Waals surface area (Å²) in [5, 5.41) is 12.9. The Morgan fingerprint density at radius 2 is 1.96 bits per heavy atom. The number of piperidine rings is 1. The van der Waals surface area contributed by atoms with Gasteiger partial charge in [-0.15, -0.1) is 0 Å². The number of nitrogens with zero attached hydrogens (tertiary/aromatic N) is 6. The molecule has 2 aliphatic heterocycles. The van der Waals surface area contributed by atoms with E-state index in [1.807, 2.05) is 26.1 Å². The highest BCUT2D eigenvalue weighted by atomic mass is 32.2. The van der Waals surface area contributed by atoms with Crippen LogP contribution >= 0.6 is 0 Å². The van der Waals surface area contributed by atoms with E-state index in [-0.39, 0.29) is 24.1 Å². The first-order chi connectivity index (χ1) is 13.3. The topological polar surface area (TPSA) is 103 Å². The molecule has 2 saturated heterocycles. The van der Waals surface area contributed by atoms with E-state index in [0.29, 0.717) is 39.1 Å². The van der Waals surface area contributed by atoms with Crippen LogP contribution in [0.5, 0.6) is 0 Å². The average Bonchev–Trinajstić information content (AvgIpc) is 3.00. The lowest BCUT2D eigenvalue weighted by molar-refractivity contribution is -0.126. The number of carbonyl (C=O) groups is 1. The maximum absolute atomic E-state index is 13.1. The van der Waals surface area contributed by atoms with Crippen molar-refractivity contribution in [1.82, 2.24) is 19.0 Å². The lowest BCUT2D eigenvalue weighted by atomic mass is 10.0. The second kappa shape index (κ2) is 8.59. The summed E-state index contributed by atoms with van der Waals surface area (Å²) in [6.45, 7) is 4.47. The second-order valence-electron chi connectivity index (χ2n) is 7.43. The van der Waals surface area contributed by atoms with Crippen molar-refractivity contribution in [1.29, 1.82) is 5.26 Å². The fourth-order valence-corrected chi connectivity index (χ4v) is 5.52. The van der Waals surface area contributed by atoms with Gasteiger partial charge in [0.2, 0.25) is 15.9 Å². The zero-order valence-corrected chi connectivity index (χ0v) is 17.4. The number of aromatic nitrogens is 2. The zero-order valence-electron chi connectivity index (χ0n) is 16.5. The monoisotopic (exact) mass is 408 g/mol. The van der Waals surface area contributed by atoms with Gasteiger partial charge in [-0.25, -0.2) is 8.42 Å². The first-order valence-corrected chi connectivity index (χ1v) is 11.4. The van der Waals surface area contributed by atoms with Crippen LogP contribution in [0.2, 0.25) is 0 Å². The van der Waals surface area contributed by atoms with Crippen molar-refractivity contribution in [2.75, 3.05) is 43.4 Å². The van der Waals surface area contributed by atoms with Crippen molar-refractivity contribution >= 4 is 21.7 Å². The third-order valence-electron chi connectivity index (χ3n) is 5.46. The van der Waals surface area contributed by atoms with Crippen molar-refractivity contribution < 1.29 is 13.2 Å². The smallest absolute Gasteiger partial charge is 0.245 e. The molecule has 1 amide bonds. The van der Waals surface area contributed by atoms with Crippen LogP contribution in [0, 0.1) is 18.3 Å². The summed E-state index contributed by atoms with van der Waals surface area (Å²) in [5.74, 6) is 0.891. The zero-order chi connectivity index (χ0) is 20.3. The number of aryl methyl sites for hydroxylation is 2. The van der Waals surface area contributed by atoms with Gasteiger partial charge in [-0.05, 0) is 26.2 Å². The number of amides is 1. The Morgan fingerprint density at radius 3 is 2.57 bits per heavy atom. The van der Waals surface area contributed by atoms with E-state index in [1.165, 1.54) is 4.31 Å². The number of anilines is 1. The lowest BCUT2D eigenvalue weighted by Gasteiger charge is -2.42. The summed E-state index contributed by atoms with van der Waals surface area (Å²) in [5.41, 5.74) is 0.877. The molecule has 10 heteroatoms. The van der Waals surface area contributed by atoms with Gasteiger partial charge in [0.15, 0.2) is 0 Å². The molecule has 0 unspecified atom stereocenters. The number of hydrogen-bond acceptors (Lipinski definition) is 6. The standard InChI is InChI=1S/C18H28N6O3S/c1-15-14-17(21(2)20-15)24-8-5-6-16(18(24)25)22-9-11-23(12-10-22)28(26,27)13-4-3-7-19/h14,16H,3-6,8-13H2,1-2H3/t16-/m0/s1. The molecule has 3 rings (SSSR count). The molecule has 28 heavy (non-hydrogen) atoms. The summed E-state index contributed by atoms with van der Waals surface area (Å²) in [6.07, 6.45) is 2.31. The van der Waals surface area contributed by atoms with E-state index in [9.17, 15) is 13.2 Å². The molecular weight excluding hydrogens is 380 g/mol. The predicted octanol–water partition coefficient (Wildman–Crippen LogP) is 0.475. The maximum Gasteiger partial charge on any atom is 0.245 e. The molecule has 154 valence electrons. The molecule has 3 heterocycles. The second-order valence-corrected chi connectivity index (χ2v) is 9.52. The van der Waals surface area contributed by atoms with Gasteiger partial charge in [0.1, 0.15) is 5.82 Å². The van der Waals surface area contributed by atoms with Crippen molar-refractivity contribution in [2.45, 2.75) is 38.6 Å². The first kappa shape index (κ1) is 20.8. The van der Waals surface area contributed by atoms with Gasteiger partial charge in [-0.1, -0.05) is 0 Å². The number of carbonyl (C=O) groups excluding carboxylic acids is 1. The van der Waals surface area contributed by atoms with Gasteiger partial charge in [-0.3, -0.25) is 19.3 Å². The van der Waals surface area contributed by atoms with E-state index in [0.717, 1.165) is 24.4 Å². The minimum Gasteiger partial charge on any atom is -0.296 e. The molecule has 1 aromatic heterocycles. The molecule has 0 bridgehead atoms. The largest absolute Gasteiger partial charge is 0.296 e. The summed E-state index contributed by atoms with van der Waals surface area (Å²) in [6, 6.07) is 3.69. The van der Waals surface area contributed by atoms with Crippen LogP contribution < -0.4 is 4.90 Å². The van der Waals surface area contributed by atoms with Crippen LogP contribution in [-0.4, -0.2) is 77.8 Å². The Labute approximate surface area is 166 Å². The van der Waals surface area contributed by atoms with Crippen molar-refractivity contribution in [2.24, 2.45) is 7.05 Å². The SMILES string of the molecule is Cc1cc(N2CCC[C@H](N3CCN(S(=O)(=O)CCCC#N)CC3)C2=O)n(C)n1. The molecule has 2 fully saturated rings. The number of nitriles is 1. The van der Waals surface area contributed by atoms with Crippen LogP contribution in [0.1, 0.15) is 31.4 Å². The van der Waals surface area contributed by atoms with Crippen molar-refractivity contribution in [3.05, 3.63) is 11.8 Å². The normalized spacial score (nSPS) is 22.4. The number of sulfonamides is 1. The van der Waals surface area contributed by atoms with Crippen molar-refractivity contribution in [3.63, 3.8) is 0 Å². The Kier molecular flexibility index (Phi) is 6.37. The molecule has 0 N–H and O–H groups in total. The number of unbranched alkanes of at least 4 members (excludes halogenated alkanes) is 1. The summed E-state index contributed by atoms with van der Waals surface area (Å²) >= 11 is 0. The fraction of sp³-hybridized carbons (Fsp3) is 0.722. The Morgan fingerprint density at radius 1 is 1.25 bits per heavy atom. The van der Waals surface area contributed by atoms with Gasteiger partial charge in [0, 0.05) is 52.3 Å². The third kappa shape index (κ3) is 4.37. The Hall–Kier alpha value is -1.96. The molecule has 0 saturated carbocycles. The molecule has 2 aliphatic rings. The Bertz CT molecular complexity index is 851. The number of piperazine rings is 1. The quantitative estimate of drug-likeness (QED) is 0.634. The summed E-state index contributed by atoms with van der Waals surface area (Å²) in [4.78, 5) is 17.0. The first-order valence-electron chi connectivity index (χ1n) is 9.74. The molecule has 9 nitrogen and oxygen atoms in total. The molecular formula is C18H28N6O3S. The van der Waals surface area contributed by atoms with Crippen LogP contribution in [0.3, 0.4) is 0 Å². The molecule has 1 atom stereocenters. The molecule has 1 aromatic rings. The van der Waals surface area contributed by atoms with E-state index in [1.54, 1.807) is 9.58 Å². The van der Waals surface area contributed by atoms with Crippen LogP contribution in [0.15, 0.2) is 6.07 Å². The number of hydrogen-bond donors (Lipinski definition) is 0. The summed E-state index contributed by atoms with van der Waals surface area (Å²) < 4.78 is 28.0. The van der Waals surface area contributed by atoms with Crippen LogP contribution in [0.25, 0.3) is 0 Å². The van der Waals surface area contributed by atoms with E-state index in [4.69, 9.17) is 5.26 Å². The van der Waals surface area contributed by atoms with Crippen LogP contribution in [-0.2, 0) is 21.9 Å². The predicted molar refractivity (Wildman–Crippen MR) is 105 cm³/mol. The van der Waals surface area contributed by atoms with Gasteiger partial charge in [-0.2, -0.15) is 14.7 Å². The van der Waals surface area contributed by atoms with E-state index in [2.05, 4.69) is 10.00 Å². The van der Waals surface area contributed by atoms with E-state index < -0.39 is 10.0 Å². The summed E-state index contributed by atoms with van der Waals surface area (Å²) in [7, 11) is -1.49. The van der Waals surface area contributed by atoms with Crippen LogP contribution in [0.4, 0.5) is 5.82 Å². The average molecular weight is 409 g/mol. The minimum absolute atomic E-state index is 0.0105. The minimum atomic E-state index is -3.33. The molecule has 0 spiro atoms. The van der Waals surface area contributed by atoms with Gasteiger partial charge in [0.05, 0.1) is 23.6 Å². The third-order valence-corrected chi connectivity index (χ3v) is 7.42. The fourth-order valence-electron chi connectivity index (χ4n) is 4.03. The van der Waals surface area contributed by atoms with Gasteiger partial charge < -0.3 is 0 Å². The molecule has 0 radical (unpaired) electrons. The van der Waals surface area contributed by atoms with Gasteiger partial charge in [0.25, 0.3) is 0 Å². The maximum atomic E-state index is 13.1. The molecule has 0 aromatic carbocycles. The van der Waals surface area contributed by atoms with E-state index >= 15 is 0 Å². The Balaban J connectivity index is 1.62. The van der Waals surface area contributed by atoms with Crippen molar-refractivity contribution in [3.8, 4) is 6.07 Å². The highest BCUT2D eigenvalue weighted by Crippen LogP contribution is 2.25. The number of rotatable bonds is 6. The molecule has 0 aliphatic carbocycles. The highest BCUT2D eigenvalue weighted by Gasteiger charge is 2.37. The van der Waals surface area contributed by atoms with Gasteiger partial charge >= 0.3 is 0 Å². The lowest BCUT2D eigenvalue weighted by Crippen LogP contribution is -2.58.